The van der Waals surface area contributed by atoms with Crippen LogP contribution in [0.15, 0.2) is 6.07 Å². The Morgan fingerprint density at radius 1 is 1.10 bits per heavy atom. The molecule has 1 saturated carbocycles. The van der Waals surface area contributed by atoms with Gasteiger partial charge in [0.15, 0.2) is 0 Å². The van der Waals surface area contributed by atoms with Gasteiger partial charge in [0.05, 0.1) is 5.92 Å². The molecule has 0 amide bonds. The fourth-order valence-corrected chi connectivity index (χ4v) is 2.59. The van der Waals surface area contributed by atoms with E-state index in [0.29, 0.717) is 30.6 Å². The first-order valence-corrected chi connectivity index (χ1v) is 6.89. The van der Waals surface area contributed by atoms with E-state index in [1.54, 1.807) is 6.07 Å². The standard InChI is InChI=1S/C13H17F3N4/c14-13(15,16)9-3-5-20(6-4-9)11-7-10(17)18-12(19-11)8-1-2-8/h7-9H,1-6H2,(H2,17,18,19). The molecule has 0 aromatic carbocycles. The molecule has 1 aromatic rings. The Labute approximate surface area is 115 Å². The maximum absolute atomic E-state index is 12.6. The van der Waals surface area contributed by atoms with Gasteiger partial charge in [0.1, 0.15) is 17.5 Å². The van der Waals surface area contributed by atoms with Gasteiger partial charge in [-0.25, -0.2) is 9.97 Å². The van der Waals surface area contributed by atoms with Crippen molar-refractivity contribution in [2.75, 3.05) is 23.7 Å². The number of alkyl halides is 3. The van der Waals surface area contributed by atoms with Crippen LogP contribution in [0.4, 0.5) is 24.8 Å². The van der Waals surface area contributed by atoms with E-state index in [4.69, 9.17) is 5.73 Å². The average molecular weight is 286 g/mol. The number of hydrogen-bond acceptors (Lipinski definition) is 4. The second-order valence-electron chi connectivity index (χ2n) is 5.59. The molecule has 2 fully saturated rings. The normalized spacial score (nSPS) is 21.2. The first-order valence-electron chi connectivity index (χ1n) is 6.89. The summed E-state index contributed by atoms with van der Waals surface area (Å²) in [5.74, 6) is 0.985. The minimum absolute atomic E-state index is 0.117. The number of aromatic nitrogens is 2. The van der Waals surface area contributed by atoms with Crippen molar-refractivity contribution in [2.45, 2.75) is 37.8 Å². The Morgan fingerprint density at radius 2 is 1.75 bits per heavy atom. The molecule has 2 heterocycles. The van der Waals surface area contributed by atoms with E-state index in [1.807, 2.05) is 4.90 Å². The number of anilines is 2. The quantitative estimate of drug-likeness (QED) is 0.908. The molecule has 0 bridgehead atoms. The predicted octanol–water partition coefficient (Wildman–Crippen LogP) is 2.71. The van der Waals surface area contributed by atoms with E-state index in [1.165, 1.54) is 0 Å². The molecule has 1 aromatic heterocycles. The van der Waals surface area contributed by atoms with Crippen molar-refractivity contribution in [3.63, 3.8) is 0 Å². The van der Waals surface area contributed by atoms with Crippen molar-refractivity contribution >= 4 is 11.6 Å². The second kappa shape index (κ2) is 4.79. The van der Waals surface area contributed by atoms with Crippen LogP contribution < -0.4 is 10.6 Å². The first kappa shape index (κ1) is 13.5. The zero-order valence-corrected chi connectivity index (χ0v) is 11.0. The van der Waals surface area contributed by atoms with Crippen molar-refractivity contribution in [1.29, 1.82) is 0 Å². The van der Waals surface area contributed by atoms with E-state index in [9.17, 15) is 13.2 Å². The lowest BCUT2D eigenvalue weighted by Crippen LogP contribution is -2.39. The van der Waals surface area contributed by atoms with Gasteiger partial charge >= 0.3 is 6.18 Å². The van der Waals surface area contributed by atoms with E-state index in [-0.39, 0.29) is 12.8 Å². The number of hydrogen-bond donors (Lipinski definition) is 1. The number of nitrogens with zero attached hydrogens (tertiary/aromatic N) is 3. The molecule has 2 aliphatic rings. The van der Waals surface area contributed by atoms with Crippen molar-refractivity contribution in [3.8, 4) is 0 Å². The largest absolute Gasteiger partial charge is 0.391 e. The molecule has 3 rings (SSSR count). The highest BCUT2D eigenvalue weighted by Gasteiger charge is 2.41. The molecule has 0 atom stereocenters. The zero-order valence-electron chi connectivity index (χ0n) is 11.0. The van der Waals surface area contributed by atoms with Crippen LogP contribution in [-0.4, -0.2) is 29.2 Å². The van der Waals surface area contributed by atoms with Crippen LogP contribution in [0.2, 0.25) is 0 Å². The monoisotopic (exact) mass is 286 g/mol. The Morgan fingerprint density at radius 3 is 2.30 bits per heavy atom. The van der Waals surface area contributed by atoms with Crippen molar-refractivity contribution in [1.82, 2.24) is 9.97 Å². The zero-order chi connectivity index (χ0) is 14.3. The number of piperidine rings is 1. The summed E-state index contributed by atoms with van der Waals surface area (Å²) in [4.78, 5) is 10.5. The summed E-state index contributed by atoms with van der Waals surface area (Å²) < 4.78 is 37.9. The number of nitrogen functional groups attached to an aromatic ring is 1. The molecule has 1 saturated heterocycles. The lowest BCUT2D eigenvalue weighted by atomic mass is 9.96. The highest BCUT2D eigenvalue weighted by Crippen LogP contribution is 2.39. The van der Waals surface area contributed by atoms with E-state index < -0.39 is 12.1 Å². The van der Waals surface area contributed by atoms with Gasteiger partial charge in [0, 0.05) is 25.1 Å². The van der Waals surface area contributed by atoms with Crippen molar-refractivity contribution in [2.24, 2.45) is 5.92 Å². The summed E-state index contributed by atoms with van der Waals surface area (Å²) in [7, 11) is 0. The van der Waals surface area contributed by atoms with Gasteiger partial charge in [-0.05, 0) is 25.7 Å². The average Bonchev–Trinajstić information content (AvgIpc) is 3.21. The molecule has 1 aliphatic heterocycles. The van der Waals surface area contributed by atoms with E-state index >= 15 is 0 Å². The highest BCUT2D eigenvalue weighted by atomic mass is 19.4. The van der Waals surface area contributed by atoms with Crippen LogP contribution in [0.3, 0.4) is 0 Å². The predicted molar refractivity (Wildman–Crippen MR) is 69.4 cm³/mol. The van der Waals surface area contributed by atoms with Crippen LogP contribution in [-0.2, 0) is 0 Å². The molecule has 7 heteroatoms. The Hall–Kier alpha value is -1.53. The molecule has 2 N–H and O–H groups in total. The first-order chi connectivity index (χ1) is 9.43. The molecular formula is C13H17F3N4. The summed E-state index contributed by atoms with van der Waals surface area (Å²) in [6, 6.07) is 1.65. The van der Waals surface area contributed by atoms with E-state index in [2.05, 4.69) is 9.97 Å². The van der Waals surface area contributed by atoms with Gasteiger partial charge in [-0.2, -0.15) is 13.2 Å². The fourth-order valence-electron chi connectivity index (χ4n) is 2.59. The van der Waals surface area contributed by atoms with Gasteiger partial charge in [0.25, 0.3) is 0 Å². The number of halogens is 3. The topological polar surface area (TPSA) is 55.0 Å². The van der Waals surface area contributed by atoms with Crippen LogP contribution >= 0.6 is 0 Å². The Bertz CT molecular complexity index is 491. The smallest absolute Gasteiger partial charge is 0.384 e. The fraction of sp³-hybridized carbons (Fsp3) is 0.692. The van der Waals surface area contributed by atoms with Crippen LogP contribution in [0.25, 0.3) is 0 Å². The molecule has 110 valence electrons. The van der Waals surface area contributed by atoms with E-state index in [0.717, 1.165) is 18.7 Å². The Balaban J connectivity index is 1.71. The lowest BCUT2D eigenvalue weighted by molar-refractivity contribution is -0.179. The Kier molecular flexibility index (Phi) is 3.22. The third-order valence-corrected chi connectivity index (χ3v) is 3.97. The van der Waals surface area contributed by atoms with Gasteiger partial charge in [-0.15, -0.1) is 0 Å². The lowest BCUT2D eigenvalue weighted by Gasteiger charge is -2.33. The van der Waals surface area contributed by atoms with Crippen molar-refractivity contribution < 1.29 is 13.2 Å². The maximum atomic E-state index is 12.6. The number of nitrogens with two attached hydrogens (primary N) is 1. The second-order valence-corrected chi connectivity index (χ2v) is 5.59. The molecule has 1 aliphatic carbocycles. The highest BCUT2D eigenvalue weighted by molar-refractivity contribution is 5.48. The van der Waals surface area contributed by atoms with Crippen LogP contribution in [0.5, 0.6) is 0 Å². The molecule has 0 unspecified atom stereocenters. The van der Waals surface area contributed by atoms with Gasteiger partial charge in [-0.3, -0.25) is 0 Å². The van der Waals surface area contributed by atoms with Gasteiger partial charge < -0.3 is 10.6 Å². The SMILES string of the molecule is Nc1cc(N2CCC(C(F)(F)F)CC2)nc(C2CC2)n1. The maximum Gasteiger partial charge on any atom is 0.391 e. The summed E-state index contributed by atoms with van der Waals surface area (Å²) in [5, 5.41) is 0. The van der Waals surface area contributed by atoms with Gasteiger partial charge in [0.2, 0.25) is 0 Å². The number of rotatable bonds is 2. The summed E-state index contributed by atoms with van der Waals surface area (Å²) in [6.45, 7) is 0.732. The van der Waals surface area contributed by atoms with Crippen molar-refractivity contribution in [3.05, 3.63) is 11.9 Å². The molecular weight excluding hydrogens is 269 g/mol. The molecule has 0 radical (unpaired) electrons. The third kappa shape index (κ3) is 2.81. The van der Waals surface area contributed by atoms with Gasteiger partial charge in [-0.1, -0.05) is 0 Å². The third-order valence-electron chi connectivity index (χ3n) is 3.97. The molecule has 4 nitrogen and oxygen atoms in total. The summed E-state index contributed by atoms with van der Waals surface area (Å²) in [6.07, 6.45) is -1.72. The minimum atomic E-state index is -4.09. The van der Waals surface area contributed by atoms with Crippen LogP contribution in [0, 0.1) is 5.92 Å². The van der Waals surface area contributed by atoms with Crippen LogP contribution in [0.1, 0.15) is 37.4 Å². The summed E-state index contributed by atoms with van der Waals surface area (Å²) >= 11 is 0. The minimum Gasteiger partial charge on any atom is -0.384 e. The molecule has 20 heavy (non-hydrogen) atoms. The summed E-state index contributed by atoms with van der Waals surface area (Å²) in [5.41, 5.74) is 5.77. The molecule has 0 spiro atoms.